The van der Waals surface area contributed by atoms with E-state index in [1.165, 1.54) is 24.3 Å². The molecule has 2 aromatic carbocycles. The lowest BCUT2D eigenvalue weighted by Crippen LogP contribution is -2.24. The molecule has 5 heteroatoms. The van der Waals surface area contributed by atoms with Gasteiger partial charge in [-0.25, -0.2) is 4.39 Å². The van der Waals surface area contributed by atoms with Gasteiger partial charge in [-0.15, -0.1) is 0 Å². The van der Waals surface area contributed by atoms with Crippen molar-refractivity contribution in [3.05, 3.63) is 71.5 Å². The van der Waals surface area contributed by atoms with E-state index in [-0.39, 0.29) is 11.1 Å². The fourth-order valence-electron chi connectivity index (χ4n) is 1.88. The summed E-state index contributed by atoms with van der Waals surface area (Å²) in [6, 6.07) is 12.6. The molecule has 1 nitrogen and oxygen atoms in total. The van der Waals surface area contributed by atoms with Crippen LogP contribution in [0.4, 0.5) is 17.6 Å². The molecule has 0 amide bonds. The largest absolute Gasteiger partial charge is 0.402 e. The Morgan fingerprint density at radius 1 is 1.00 bits per heavy atom. The lowest BCUT2D eigenvalue weighted by molar-refractivity contribution is -0.157. The molecule has 0 N–H and O–H groups in total. The zero-order valence-electron chi connectivity index (χ0n) is 11.9. The van der Waals surface area contributed by atoms with E-state index < -0.39 is 30.1 Å². The summed E-state index contributed by atoms with van der Waals surface area (Å²) in [6.45, 7) is 0. The number of alkyl halides is 3. The van der Waals surface area contributed by atoms with E-state index in [4.69, 9.17) is 0 Å². The van der Waals surface area contributed by atoms with E-state index >= 15 is 0 Å². The van der Waals surface area contributed by atoms with E-state index in [1.807, 2.05) is 0 Å². The van der Waals surface area contributed by atoms with E-state index in [2.05, 4.69) is 11.8 Å². The molecule has 0 heterocycles. The van der Waals surface area contributed by atoms with Crippen molar-refractivity contribution in [2.75, 3.05) is 0 Å². The van der Waals surface area contributed by atoms with Crippen molar-refractivity contribution in [3.63, 3.8) is 0 Å². The first-order chi connectivity index (χ1) is 10.9. The molecule has 0 bridgehead atoms. The Morgan fingerprint density at radius 2 is 1.61 bits per heavy atom. The van der Waals surface area contributed by atoms with Gasteiger partial charge in [0.1, 0.15) is 11.7 Å². The molecule has 118 valence electrons. The second-order valence-corrected chi connectivity index (χ2v) is 4.86. The number of Topliss-reactive ketones (excluding diaryl/α,β-unsaturated/α-hetero) is 1. The van der Waals surface area contributed by atoms with Crippen LogP contribution in [-0.4, -0.2) is 12.0 Å². The van der Waals surface area contributed by atoms with E-state index in [0.717, 1.165) is 12.1 Å². The number of hydrogen-bond donors (Lipinski definition) is 0. The van der Waals surface area contributed by atoms with Crippen molar-refractivity contribution in [3.8, 4) is 11.8 Å². The first kappa shape index (κ1) is 16.8. The van der Waals surface area contributed by atoms with Crippen molar-refractivity contribution in [2.24, 2.45) is 5.92 Å². The van der Waals surface area contributed by atoms with Crippen LogP contribution in [0.5, 0.6) is 0 Å². The smallest absolute Gasteiger partial charge is 0.294 e. The Morgan fingerprint density at radius 3 is 2.17 bits per heavy atom. The van der Waals surface area contributed by atoms with Gasteiger partial charge in [0.2, 0.25) is 0 Å². The van der Waals surface area contributed by atoms with Crippen LogP contribution in [0.1, 0.15) is 22.3 Å². The summed E-state index contributed by atoms with van der Waals surface area (Å²) in [4.78, 5) is 11.9. The lowest BCUT2D eigenvalue weighted by Gasteiger charge is -2.14. The molecular formula is C18H12F4O. The Labute approximate surface area is 131 Å². The fourth-order valence-corrected chi connectivity index (χ4v) is 1.88. The average molecular weight is 320 g/mol. The zero-order valence-corrected chi connectivity index (χ0v) is 11.9. The number of carbonyl (C=O) groups excluding carboxylic acids is 1. The third-order valence-corrected chi connectivity index (χ3v) is 3.12. The molecule has 0 saturated heterocycles. The molecule has 2 rings (SSSR count). The first-order valence-electron chi connectivity index (χ1n) is 6.78. The number of carbonyl (C=O) groups is 1. The monoisotopic (exact) mass is 320 g/mol. The molecular weight excluding hydrogens is 308 g/mol. The topological polar surface area (TPSA) is 17.1 Å². The van der Waals surface area contributed by atoms with E-state index in [1.54, 1.807) is 18.2 Å². The van der Waals surface area contributed by atoms with Crippen LogP contribution >= 0.6 is 0 Å². The van der Waals surface area contributed by atoms with Gasteiger partial charge in [-0.05, 0) is 24.3 Å². The summed E-state index contributed by atoms with van der Waals surface area (Å²) in [6.07, 6.45) is -5.36. The maximum atomic E-state index is 13.0. The van der Waals surface area contributed by atoms with E-state index in [0.29, 0.717) is 0 Å². The maximum Gasteiger partial charge on any atom is 0.402 e. The van der Waals surface area contributed by atoms with Gasteiger partial charge in [0.15, 0.2) is 5.78 Å². The van der Waals surface area contributed by atoms with Crippen LogP contribution in [0.2, 0.25) is 0 Å². The summed E-state index contributed by atoms with van der Waals surface area (Å²) >= 11 is 0. The molecule has 0 fully saturated rings. The molecule has 23 heavy (non-hydrogen) atoms. The van der Waals surface area contributed by atoms with Gasteiger partial charge < -0.3 is 0 Å². The highest BCUT2D eigenvalue weighted by molar-refractivity contribution is 5.96. The Hall–Kier alpha value is -2.61. The first-order valence-corrected chi connectivity index (χ1v) is 6.78. The van der Waals surface area contributed by atoms with Gasteiger partial charge >= 0.3 is 6.18 Å². The van der Waals surface area contributed by atoms with Crippen LogP contribution in [0.3, 0.4) is 0 Å². The molecule has 0 aliphatic rings. The summed E-state index contributed by atoms with van der Waals surface area (Å²) in [5.41, 5.74) is 0.471. The van der Waals surface area contributed by atoms with Gasteiger partial charge in [-0.3, -0.25) is 4.79 Å². The quantitative estimate of drug-likeness (QED) is 0.458. The minimum absolute atomic E-state index is 0.213. The van der Waals surface area contributed by atoms with Crippen molar-refractivity contribution >= 4 is 5.78 Å². The average Bonchev–Trinajstić information content (AvgIpc) is 2.52. The van der Waals surface area contributed by atoms with Gasteiger partial charge in [-0.2, -0.15) is 13.2 Å². The van der Waals surface area contributed by atoms with Gasteiger partial charge in [0.25, 0.3) is 0 Å². The molecule has 0 aliphatic carbocycles. The third kappa shape index (κ3) is 4.96. The normalized spacial score (nSPS) is 12.2. The van der Waals surface area contributed by atoms with Crippen molar-refractivity contribution in [1.82, 2.24) is 0 Å². The molecule has 1 atom stereocenters. The van der Waals surface area contributed by atoms with Gasteiger partial charge in [0.05, 0.1) is 0 Å². The van der Waals surface area contributed by atoms with Crippen LogP contribution in [0.15, 0.2) is 54.6 Å². The molecule has 0 aliphatic heterocycles. The second kappa shape index (κ2) is 7.10. The van der Waals surface area contributed by atoms with Crippen LogP contribution in [0, 0.1) is 23.6 Å². The minimum Gasteiger partial charge on any atom is -0.294 e. The van der Waals surface area contributed by atoms with Gasteiger partial charge in [0, 0.05) is 17.5 Å². The van der Waals surface area contributed by atoms with Gasteiger partial charge in [-0.1, -0.05) is 42.2 Å². The predicted molar refractivity (Wildman–Crippen MR) is 78.2 cm³/mol. The minimum atomic E-state index is -4.61. The van der Waals surface area contributed by atoms with Crippen molar-refractivity contribution < 1.29 is 22.4 Å². The predicted octanol–water partition coefficient (Wildman–Crippen LogP) is 4.63. The Kier molecular flexibility index (Phi) is 5.17. The lowest BCUT2D eigenvalue weighted by atomic mass is 9.97. The van der Waals surface area contributed by atoms with E-state index in [9.17, 15) is 22.4 Å². The molecule has 0 unspecified atom stereocenters. The second-order valence-electron chi connectivity index (χ2n) is 4.86. The van der Waals surface area contributed by atoms with Crippen molar-refractivity contribution in [1.29, 1.82) is 0 Å². The summed E-state index contributed by atoms with van der Waals surface area (Å²) < 4.78 is 51.9. The Bertz CT molecular complexity index is 722. The zero-order chi connectivity index (χ0) is 16.9. The number of halogens is 4. The number of hydrogen-bond acceptors (Lipinski definition) is 1. The molecule has 0 aromatic heterocycles. The van der Waals surface area contributed by atoms with Crippen LogP contribution in [-0.2, 0) is 0 Å². The number of benzene rings is 2. The molecule has 0 radical (unpaired) electrons. The summed E-state index contributed by atoms with van der Waals surface area (Å²) in [5.74, 6) is 1.23. The van der Waals surface area contributed by atoms with Crippen LogP contribution < -0.4 is 0 Å². The molecule has 0 saturated carbocycles. The summed E-state index contributed by atoms with van der Waals surface area (Å²) in [7, 11) is 0. The number of rotatable bonds is 3. The molecule has 0 spiro atoms. The SMILES string of the molecule is O=C(C[C@@H](C#Cc1ccc(F)cc1)C(F)(F)F)c1ccccc1. The number of ketones is 1. The highest BCUT2D eigenvalue weighted by atomic mass is 19.4. The van der Waals surface area contributed by atoms with Crippen LogP contribution in [0.25, 0.3) is 0 Å². The van der Waals surface area contributed by atoms with Crippen molar-refractivity contribution in [2.45, 2.75) is 12.6 Å². The summed E-state index contributed by atoms with van der Waals surface area (Å²) in [5, 5.41) is 0. The highest BCUT2D eigenvalue weighted by Crippen LogP contribution is 2.29. The maximum absolute atomic E-state index is 13.0. The Balaban J connectivity index is 2.19. The third-order valence-electron chi connectivity index (χ3n) is 3.12. The molecule has 2 aromatic rings. The standard InChI is InChI=1S/C18H12F4O/c19-16-10-7-13(8-11-16)6-9-15(18(20,21)22)12-17(23)14-4-2-1-3-5-14/h1-5,7-8,10-11,15H,12H2/t15-/m1/s1. The highest BCUT2D eigenvalue weighted by Gasteiger charge is 2.39. The fraction of sp³-hybridized carbons (Fsp3) is 0.167.